The number of carbonyl (C=O) groups excluding carboxylic acids is 1. The number of imidazole rings is 1. The molecule has 0 saturated heterocycles. The maximum absolute atomic E-state index is 12.5. The van der Waals surface area contributed by atoms with E-state index in [1.54, 1.807) is 39.2 Å². The predicted octanol–water partition coefficient (Wildman–Crippen LogP) is 3.14. The number of amides is 1. The Morgan fingerprint density at radius 1 is 1.11 bits per heavy atom. The second-order valence-corrected chi connectivity index (χ2v) is 9.29. The van der Waals surface area contributed by atoms with E-state index in [1.165, 1.54) is 12.1 Å². The fourth-order valence-corrected chi connectivity index (χ4v) is 4.30. The molecule has 0 atom stereocenters. The van der Waals surface area contributed by atoms with Crippen molar-refractivity contribution in [2.75, 3.05) is 5.32 Å². The number of rotatable bonds is 6. The van der Waals surface area contributed by atoms with Gasteiger partial charge in [-0.2, -0.15) is 0 Å². The van der Waals surface area contributed by atoms with Gasteiger partial charge >= 0.3 is 0 Å². The molecule has 2 N–H and O–H groups in total. The molecule has 0 fully saturated rings. The number of fused-ring (bicyclic) bond motifs is 1. The summed E-state index contributed by atoms with van der Waals surface area (Å²) in [5.74, 6) is -0.198. The van der Waals surface area contributed by atoms with Gasteiger partial charge < -0.3 is 9.88 Å². The molecule has 3 aromatic rings. The highest BCUT2D eigenvalue weighted by molar-refractivity contribution is 7.89. The van der Waals surface area contributed by atoms with Gasteiger partial charge in [0.2, 0.25) is 15.9 Å². The summed E-state index contributed by atoms with van der Waals surface area (Å²) >= 11 is 0. The fraction of sp³-hybridized carbons (Fsp3) is 0.300. The summed E-state index contributed by atoms with van der Waals surface area (Å²) in [4.78, 5) is 16.7. The highest BCUT2D eigenvalue weighted by Crippen LogP contribution is 2.18. The molecule has 0 aliphatic heterocycles. The molecule has 0 aliphatic carbocycles. The van der Waals surface area contributed by atoms with Crippen molar-refractivity contribution >= 4 is 32.7 Å². The summed E-state index contributed by atoms with van der Waals surface area (Å²) in [5.41, 5.74) is 1.70. The number of sulfonamides is 1. The Labute approximate surface area is 164 Å². The van der Waals surface area contributed by atoms with Gasteiger partial charge in [0.25, 0.3) is 0 Å². The number of aryl methyl sites for hydroxylation is 1. The highest BCUT2D eigenvalue weighted by Gasteiger charge is 2.22. The van der Waals surface area contributed by atoms with Gasteiger partial charge in [-0.05, 0) is 51.1 Å². The van der Waals surface area contributed by atoms with Gasteiger partial charge in [0.15, 0.2) is 0 Å². The number of hydrogen-bond donors (Lipinski definition) is 2. The third kappa shape index (κ3) is 4.96. The zero-order chi connectivity index (χ0) is 20.4. The van der Waals surface area contributed by atoms with Crippen molar-refractivity contribution < 1.29 is 13.2 Å². The van der Waals surface area contributed by atoms with Crippen molar-refractivity contribution in [3.05, 3.63) is 54.9 Å². The van der Waals surface area contributed by atoms with Crippen LogP contribution in [0.15, 0.2) is 59.8 Å². The third-order valence-corrected chi connectivity index (χ3v) is 5.73. The molecule has 2 aromatic carbocycles. The van der Waals surface area contributed by atoms with Crippen LogP contribution in [0.4, 0.5) is 5.69 Å². The van der Waals surface area contributed by atoms with Crippen LogP contribution in [0.5, 0.6) is 0 Å². The number of carbonyl (C=O) groups is 1. The molecule has 0 spiro atoms. The Bertz CT molecular complexity index is 1100. The maximum Gasteiger partial charge on any atom is 0.241 e. The van der Waals surface area contributed by atoms with Gasteiger partial charge in [-0.3, -0.25) is 4.79 Å². The normalized spacial score (nSPS) is 12.2. The van der Waals surface area contributed by atoms with Gasteiger partial charge in [0.1, 0.15) is 0 Å². The molecular weight excluding hydrogens is 376 g/mol. The first-order valence-electron chi connectivity index (χ1n) is 8.98. The Morgan fingerprint density at radius 2 is 1.86 bits per heavy atom. The molecule has 0 bridgehead atoms. The lowest BCUT2D eigenvalue weighted by atomic mass is 10.1. The molecule has 0 radical (unpaired) electrons. The Hall–Kier alpha value is -2.71. The van der Waals surface area contributed by atoms with E-state index < -0.39 is 15.6 Å². The quantitative estimate of drug-likeness (QED) is 0.665. The highest BCUT2D eigenvalue weighted by atomic mass is 32.2. The standard InChI is InChI=1S/C20H24N4O3S/c1-20(2,3)23-28(26,27)16-8-6-7-15(13-16)22-19(25)11-12-24-14-21-17-9-4-5-10-18(17)24/h4-10,13-14,23H,11-12H2,1-3H3,(H,22,25). The van der Waals surface area contributed by atoms with Crippen LogP contribution in [0.25, 0.3) is 11.0 Å². The van der Waals surface area contributed by atoms with Gasteiger partial charge in [0.05, 0.1) is 22.3 Å². The van der Waals surface area contributed by atoms with Crippen molar-refractivity contribution in [1.29, 1.82) is 0 Å². The predicted molar refractivity (Wildman–Crippen MR) is 109 cm³/mol. The zero-order valence-electron chi connectivity index (χ0n) is 16.1. The van der Waals surface area contributed by atoms with Crippen LogP contribution >= 0.6 is 0 Å². The minimum Gasteiger partial charge on any atom is -0.330 e. The van der Waals surface area contributed by atoms with Gasteiger partial charge in [-0.25, -0.2) is 18.1 Å². The number of nitrogens with one attached hydrogen (secondary N) is 2. The summed E-state index contributed by atoms with van der Waals surface area (Å²) in [6.07, 6.45) is 1.96. The van der Waals surface area contributed by atoms with Crippen LogP contribution in [0.1, 0.15) is 27.2 Å². The van der Waals surface area contributed by atoms with E-state index in [1.807, 2.05) is 28.8 Å². The lowest BCUT2D eigenvalue weighted by Gasteiger charge is -2.20. The summed E-state index contributed by atoms with van der Waals surface area (Å²) in [7, 11) is -3.66. The van der Waals surface area contributed by atoms with Crippen molar-refractivity contribution in [2.45, 2.75) is 44.2 Å². The zero-order valence-corrected chi connectivity index (χ0v) is 17.0. The lowest BCUT2D eigenvalue weighted by molar-refractivity contribution is -0.116. The second kappa shape index (κ2) is 7.73. The molecular formula is C20H24N4O3S. The molecule has 8 heteroatoms. The molecule has 28 heavy (non-hydrogen) atoms. The Balaban J connectivity index is 1.66. The largest absolute Gasteiger partial charge is 0.330 e. The molecule has 148 valence electrons. The number of benzene rings is 2. The summed E-state index contributed by atoms with van der Waals surface area (Å²) in [6.45, 7) is 5.80. The lowest BCUT2D eigenvalue weighted by Crippen LogP contribution is -2.40. The molecule has 0 saturated carbocycles. The Kier molecular flexibility index (Phi) is 5.53. The number of para-hydroxylation sites is 2. The molecule has 0 unspecified atom stereocenters. The number of hydrogen-bond acceptors (Lipinski definition) is 4. The molecule has 0 aliphatic rings. The van der Waals surface area contributed by atoms with Crippen molar-refractivity contribution in [3.63, 3.8) is 0 Å². The van der Waals surface area contributed by atoms with E-state index in [4.69, 9.17) is 0 Å². The van der Waals surface area contributed by atoms with Gasteiger partial charge in [-0.1, -0.05) is 18.2 Å². The minimum absolute atomic E-state index is 0.112. The second-order valence-electron chi connectivity index (χ2n) is 7.61. The van der Waals surface area contributed by atoms with E-state index >= 15 is 0 Å². The minimum atomic E-state index is -3.66. The molecule has 3 rings (SSSR count). The smallest absolute Gasteiger partial charge is 0.241 e. The molecule has 1 amide bonds. The number of aromatic nitrogens is 2. The van der Waals surface area contributed by atoms with Crippen LogP contribution < -0.4 is 10.0 Å². The molecule has 1 aromatic heterocycles. The first kappa shape index (κ1) is 20.0. The average molecular weight is 401 g/mol. The number of nitrogens with zero attached hydrogens (tertiary/aromatic N) is 2. The fourth-order valence-electron chi connectivity index (χ4n) is 2.84. The average Bonchev–Trinajstić information content (AvgIpc) is 3.01. The van der Waals surface area contributed by atoms with Gasteiger partial charge in [-0.15, -0.1) is 0 Å². The van der Waals surface area contributed by atoms with E-state index in [-0.39, 0.29) is 17.2 Å². The Morgan fingerprint density at radius 3 is 2.61 bits per heavy atom. The summed E-state index contributed by atoms with van der Waals surface area (Å²) < 4.78 is 29.4. The number of anilines is 1. The van der Waals surface area contributed by atoms with Gasteiger partial charge in [0, 0.05) is 24.2 Å². The van der Waals surface area contributed by atoms with E-state index in [0.29, 0.717) is 12.2 Å². The van der Waals surface area contributed by atoms with Crippen LogP contribution in [0.3, 0.4) is 0 Å². The third-order valence-electron chi connectivity index (χ3n) is 3.98. The first-order chi connectivity index (χ1) is 13.1. The summed E-state index contributed by atoms with van der Waals surface area (Å²) in [6, 6.07) is 14.0. The van der Waals surface area contributed by atoms with Crippen LogP contribution in [-0.4, -0.2) is 29.4 Å². The van der Waals surface area contributed by atoms with Crippen LogP contribution in [0, 0.1) is 0 Å². The molecule has 1 heterocycles. The first-order valence-corrected chi connectivity index (χ1v) is 10.5. The van der Waals surface area contributed by atoms with Crippen molar-refractivity contribution in [2.24, 2.45) is 0 Å². The van der Waals surface area contributed by atoms with Crippen LogP contribution in [-0.2, 0) is 21.4 Å². The monoisotopic (exact) mass is 400 g/mol. The van der Waals surface area contributed by atoms with Crippen LogP contribution in [0.2, 0.25) is 0 Å². The van der Waals surface area contributed by atoms with Crippen molar-refractivity contribution in [1.82, 2.24) is 14.3 Å². The maximum atomic E-state index is 12.5. The SMILES string of the molecule is CC(C)(C)NS(=O)(=O)c1cccc(NC(=O)CCn2cnc3ccccc32)c1. The van der Waals surface area contributed by atoms with Crippen molar-refractivity contribution in [3.8, 4) is 0 Å². The molecule has 7 nitrogen and oxygen atoms in total. The topological polar surface area (TPSA) is 93.1 Å². The van der Waals surface area contributed by atoms with E-state index in [0.717, 1.165) is 11.0 Å². The van der Waals surface area contributed by atoms with E-state index in [2.05, 4.69) is 15.0 Å². The van der Waals surface area contributed by atoms with E-state index in [9.17, 15) is 13.2 Å². The summed E-state index contributed by atoms with van der Waals surface area (Å²) in [5, 5.41) is 2.76.